The molecule has 0 saturated carbocycles. The molecule has 0 aromatic heterocycles. The number of hydrogen-bond donors (Lipinski definition) is 1. The molecule has 1 atom stereocenters. The van der Waals surface area contributed by atoms with Crippen molar-refractivity contribution in [1.29, 1.82) is 0 Å². The average Bonchev–Trinajstić information content (AvgIpc) is 2.87. The van der Waals surface area contributed by atoms with Crippen LogP contribution in [0.25, 0.3) is 0 Å². The molecule has 1 saturated heterocycles. The molecule has 6 nitrogen and oxygen atoms in total. The van der Waals surface area contributed by atoms with Crippen molar-refractivity contribution in [3.63, 3.8) is 0 Å². The zero-order valence-corrected chi connectivity index (χ0v) is 13.0. The third-order valence-electron chi connectivity index (χ3n) is 3.71. The molecule has 1 fully saturated rings. The van der Waals surface area contributed by atoms with Crippen LogP contribution in [0.1, 0.15) is 18.4 Å². The van der Waals surface area contributed by atoms with E-state index in [9.17, 15) is 18.3 Å². The van der Waals surface area contributed by atoms with Crippen LogP contribution in [0.2, 0.25) is 0 Å². The summed E-state index contributed by atoms with van der Waals surface area (Å²) in [7, 11) is -0.486. The van der Waals surface area contributed by atoms with E-state index in [1.807, 2.05) is 11.0 Å². The van der Waals surface area contributed by atoms with Crippen LogP contribution < -0.4 is 0 Å². The minimum absolute atomic E-state index is 0.232. The second kappa shape index (κ2) is 6.13. The number of sulfonamides is 1. The Morgan fingerprint density at radius 2 is 2.14 bits per heavy atom. The third kappa shape index (κ3) is 3.42. The molecule has 0 radical (unpaired) electrons. The topological polar surface area (TPSA) is 77.9 Å². The summed E-state index contributed by atoms with van der Waals surface area (Å²) in [6.45, 7) is 1.18. The Hall–Kier alpha value is -1.44. The number of carbonyl (C=O) groups is 1. The van der Waals surface area contributed by atoms with Crippen LogP contribution in [0.3, 0.4) is 0 Å². The van der Waals surface area contributed by atoms with Crippen molar-refractivity contribution in [3.8, 4) is 0 Å². The van der Waals surface area contributed by atoms with Gasteiger partial charge in [0.15, 0.2) is 0 Å². The molecule has 1 N–H and O–H groups in total. The normalized spacial score (nSPS) is 20.0. The lowest BCUT2D eigenvalue weighted by Gasteiger charge is -2.21. The Balaban J connectivity index is 2.21. The standard InChI is InChI=1S/C14H20N2O4S/c1-15(2)21(19,20)12-6-3-5-11(9-12)10-16-8-4-7-13(16)14(17)18/h3,5-6,9,13H,4,7-8,10H2,1-2H3,(H,17,18)/t13-/m0/s1. The fourth-order valence-electron chi connectivity index (χ4n) is 2.54. The van der Waals surface area contributed by atoms with Crippen molar-refractivity contribution < 1.29 is 18.3 Å². The molecular formula is C14H20N2O4S. The summed E-state index contributed by atoms with van der Waals surface area (Å²) in [5.74, 6) is -0.815. The molecule has 1 aromatic carbocycles. The predicted molar refractivity (Wildman–Crippen MR) is 78.4 cm³/mol. The van der Waals surface area contributed by atoms with Crippen LogP contribution in [-0.4, -0.2) is 55.4 Å². The lowest BCUT2D eigenvalue weighted by Crippen LogP contribution is -2.35. The van der Waals surface area contributed by atoms with E-state index in [0.717, 1.165) is 18.5 Å². The Bertz CT molecular complexity index is 628. The van der Waals surface area contributed by atoms with Gasteiger partial charge < -0.3 is 5.11 Å². The summed E-state index contributed by atoms with van der Waals surface area (Å²) in [6.07, 6.45) is 1.50. The average molecular weight is 312 g/mol. The number of carboxylic acid groups (broad SMARTS) is 1. The smallest absolute Gasteiger partial charge is 0.320 e. The van der Waals surface area contributed by atoms with E-state index in [1.54, 1.807) is 18.2 Å². The maximum absolute atomic E-state index is 12.1. The number of likely N-dealkylation sites (tertiary alicyclic amines) is 1. The van der Waals surface area contributed by atoms with Crippen LogP contribution in [0.5, 0.6) is 0 Å². The van der Waals surface area contributed by atoms with Gasteiger partial charge in [-0.05, 0) is 37.1 Å². The largest absolute Gasteiger partial charge is 0.480 e. The Kier molecular flexibility index (Phi) is 4.65. The zero-order chi connectivity index (χ0) is 15.6. The highest BCUT2D eigenvalue weighted by atomic mass is 32.2. The highest BCUT2D eigenvalue weighted by molar-refractivity contribution is 7.89. The Morgan fingerprint density at radius 1 is 1.43 bits per heavy atom. The first-order valence-electron chi connectivity index (χ1n) is 6.80. The monoisotopic (exact) mass is 312 g/mol. The van der Waals surface area contributed by atoms with Gasteiger partial charge in [-0.15, -0.1) is 0 Å². The molecule has 0 bridgehead atoms. The number of aliphatic carboxylic acids is 1. The molecule has 0 amide bonds. The van der Waals surface area contributed by atoms with E-state index < -0.39 is 22.0 Å². The van der Waals surface area contributed by atoms with Gasteiger partial charge in [-0.1, -0.05) is 12.1 Å². The molecule has 1 aliphatic rings. The fourth-order valence-corrected chi connectivity index (χ4v) is 3.52. The molecule has 0 aliphatic carbocycles. The van der Waals surface area contributed by atoms with Gasteiger partial charge in [0, 0.05) is 20.6 Å². The van der Waals surface area contributed by atoms with E-state index in [-0.39, 0.29) is 4.90 Å². The SMILES string of the molecule is CN(C)S(=O)(=O)c1cccc(CN2CCC[C@H]2C(=O)O)c1. The summed E-state index contributed by atoms with van der Waals surface area (Å²) in [4.78, 5) is 13.3. The van der Waals surface area contributed by atoms with Gasteiger partial charge in [-0.2, -0.15) is 0 Å². The van der Waals surface area contributed by atoms with Crippen LogP contribution in [0, 0.1) is 0 Å². The van der Waals surface area contributed by atoms with E-state index >= 15 is 0 Å². The van der Waals surface area contributed by atoms with Crippen LogP contribution in [0.4, 0.5) is 0 Å². The lowest BCUT2D eigenvalue weighted by molar-refractivity contribution is -0.142. The van der Waals surface area contributed by atoms with E-state index in [0.29, 0.717) is 13.0 Å². The van der Waals surface area contributed by atoms with Gasteiger partial charge in [0.2, 0.25) is 10.0 Å². The lowest BCUT2D eigenvalue weighted by atomic mass is 10.2. The van der Waals surface area contributed by atoms with Crippen LogP contribution >= 0.6 is 0 Å². The second-order valence-electron chi connectivity index (χ2n) is 5.40. The zero-order valence-electron chi connectivity index (χ0n) is 12.2. The molecule has 0 unspecified atom stereocenters. The maximum atomic E-state index is 12.1. The first-order chi connectivity index (χ1) is 9.82. The summed E-state index contributed by atoms with van der Waals surface area (Å²) >= 11 is 0. The van der Waals surface area contributed by atoms with Gasteiger partial charge in [0.05, 0.1) is 4.90 Å². The first-order valence-corrected chi connectivity index (χ1v) is 8.24. The van der Waals surface area contributed by atoms with Crippen molar-refractivity contribution in [2.75, 3.05) is 20.6 Å². The van der Waals surface area contributed by atoms with Crippen molar-refractivity contribution in [2.24, 2.45) is 0 Å². The molecule has 116 valence electrons. The minimum Gasteiger partial charge on any atom is -0.480 e. The minimum atomic E-state index is -3.46. The summed E-state index contributed by atoms with van der Waals surface area (Å²) in [5.41, 5.74) is 0.811. The molecule has 1 aromatic rings. The van der Waals surface area contributed by atoms with Gasteiger partial charge in [-0.25, -0.2) is 12.7 Å². The van der Waals surface area contributed by atoms with Crippen molar-refractivity contribution >= 4 is 16.0 Å². The van der Waals surface area contributed by atoms with Crippen molar-refractivity contribution in [1.82, 2.24) is 9.21 Å². The molecule has 21 heavy (non-hydrogen) atoms. The number of rotatable bonds is 5. The van der Waals surface area contributed by atoms with Crippen molar-refractivity contribution in [3.05, 3.63) is 29.8 Å². The number of nitrogens with zero attached hydrogens (tertiary/aromatic N) is 2. The van der Waals surface area contributed by atoms with Gasteiger partial charge in [-0.3, -0.25) is 9.69 Å². The van der Waals surface area contributed by atoms with E-state index in [4.69, 9.17) is 0 Å². The highest BCUT2D eigenvalue weighted by Gasteiger charge is 2.30. The van der Waals surface area contributed by atoms with E-state index in [2.05, 4.69) is 0 Å². The molecule has 2 rings (SSSR count). The Labute approximate surface area is 125 Å². The highest BCUT2D eigenvalue weighted by Crippen LogP contribution is 2.22. The second-order valence-corrected chi connectivity index (χ2v) is 7.55. The molecular weight excluding hydrogens is 292 g/mol. The molecule has 7 heteroatoms. The summed E-state index contributed by atoms with van der Waals surface area (Å²) in [5, 5.41) is 9.17. The quantitative estimate of drug-likeness (QED) is 0.877. The van der Waals surface area contributed by atoms with Gasteiger partial charge in [0.25, 0.3) is 0 Å². The number of hydrogen-bond acceptors (Lipinski definition) is 4. The first kappa shape index (κ1) is 15.9. The summed E-state index contributed by atoms with van der Waals surface area (Å²) < 4.78 is 25.4. The molecule has 0 spiro atoms. The third-order valence-corrected chi connectivity index (χ3v) is 5.52. The van der Waals surface area contributed by atoms with Crippen LogP contribution in [0.15, 0.2) is 29.2 Å². The van der Waals surface area contributed by atoms with Gasteiger partial charge in [0.1, 0.15) is 6.04 Å². The number of carboxylic acids is 1. The maximum Gasteiger partial charge on any atom is 0.320 e. The van der Waals surface area contributed by atoms with E-state index in [1.165, 1.54) is 18.4 Å². The fraction of sp³-hybridized carbons (Fsp3) is 0.500. The molecule has 1 heterocycles. The summed E-state index contributed by atoms with van der Waals surface area (Å²) in [6, 6.07) is 6.21. The van der Waals surface area contributed by atoms with Crippen molar-refractivity contribution in [2.45, 2.75) is 30.3 Å². The predicted octanol–water partition coefficient (Wildman–Crippen LogP) is 0.986. The molecule has 1 aliphatic heterocycles. The van der Waals surface area contributed by atoms with Gasteiger partial charge >= 0.3 is 5.97 Å². The number of benzene rings is 1. The van der Waals surface area contributed by atoms with Crippen LogP contribution in [-0.2, 0) is 21.4 Å². The Morgan fingerprint density at radius 3 is 2.76 bits per heavy atom.